The quantitative estimate of drug-likeness (QED) is 0.230. The second kappa shape index (κ2) is 11.8. The highest BCUT2D eigenvalue weighted by Gasteiger charge is 2.46. The van der Waals surface area contributed by atoms with E-state index >= 15 is 0 Å². The number of hydrogen-bond acceptors (Lipinski definition) is 6. The Bertz CT molecular complexity index is 1030. The highest BCUT2D eigenvalue weighted by molar-refractivity contribution is 6.46. The molecule has 2 aromatic rings. The monoisotopic (exact) mass is 465 g/mol. The number of nitrogens with zero attached hydrogens (tertiary/aromatic N) is 3. The third kappa shape index (κ3) is 5.47. The number of aryl methyl sites for hydroxylation is 1. The van der Waals surface area contributed by atoms with Crippen molar-refractivity contribution in [3.63, 3.8) is 0 Å². The van der Waals surface area contributed by atoms with Crippen molar-refractivity contribution in [2.75, 3.05) is 32.8 Å². The Morgan fingerprint density at radius 1 is 1.18 bits per heavy atom. The molecule has 7 heteroatoms. The minimum atomic E-state index is -0.690. The number of benzene rings is 1. The first kappa shape index (κ1) is 25.4. The fraction of sp³-hybridized carbons (Fsp3) is 0.444. The fourth-order valence-electron chi connectivity index (χ4n) is 4.22. The molecule has 1 saturated heterocycles. The number of amides is 1. The molecule has 1 aromatic carbocycles. The molecule has 1 amide bonds. The average molecular weight is 466 g/mol. The zero-order valence-corrected chi connectivity index (χ0v) is 20.6. The van der Waals surface area contributed by atoms with E-state index in [0.717, 1.165) is 37.2 Å². The van der Waals surface area contributed by atoms with Crippen molar-refractivity contribution in [1.29, 1.82) is 0 Å². The summed E-state index contributed by atoms with van der Waals surface area (Å²) in [6.07, 6.45) is 5.29. The van der Waals surface area contributed by atoms with Gasteiger partial charge in [-0.25, -0.2) is 0 Å². The zero-order chi connectivity index (χ0) is 24.7. The van der Waals surface area contributed by atoms with E-state index in [-0.39, 0.29) is 11.3 Å². The minimum absolute atomic E-state index is 0.0941. The third-order valence-corrected chi connectivity index (χ3v) is 6.30. The van der Waals surface area contributed by atoms with E-state index in [4.69, 9.17) is 4.74 Å². The van der Waals surface area contributed by atoms with Crippen molar-refractivity contribution < 1.29 is 19.4 Å². The summed E-state index contributed by atoms with van der Waals surface area (Å²) < 4.78 is 5.82. The Labute approximate surface area is 202 Å². The van der Waals surface area contributed by atoms with Crippen LogP contribution in [0.15, 0.2) is 48.3 Å². The molecule has 0 spiro atoms. The molecular weight excluding hydrogens is 430 g/mol. The maximum Gasteiger partial charge on any atom is 0.295 e. The molecule has 1 aliphatic heterocycles. The number of likely N-dealkylation sites (tertiary alicyclic amines) is 1. The number of ether oxygens (including phenoxy) is 1. The Morgan fingerprint density at radius 3 is 2.56 bits per heavy atom. The summed E-state index contributed by atoms with van der Waals surface area (Å²) in [7, 11) is 0. The molecule has 7 nitrogen and oxygen atoms in total. The van der Waals surface area contributed by atoms with Crippen molar-refractivity contribution in [2.45, 2.75) is 46.6 Å². The van der Waals surface area contributed by atoms with Crippen LogP contribution in [0.25, 0.3) is 5.76 Å². The Kier molecular flexibility index (Phi) is 8.82. The number of likely N-dealkylation sites (N-methyl/N-ethyl adjacent to an activating group) is 1. The zero-order valence-electron chi connectivity index (χ0n) is 20.6. The Morgan fingerprint density at radius 2 is 1.94 bits per heavy atom. The fourth-order valence-corrected chi connectivity index (χ4v) is 4.22. The molecule has 1 aromatic heterocycles. The molecule has 2 heterocycles. The van der Waals surface area contributed by atoms with Gasteiger partial charge in [-0.3, -0.25) is 14.6 Å². The molecule has 182 valence electrons. The summed E-state index contributed by atoms with van der Waals surface area (Å²) in [4.78, 5) is 34.2. The number of Topliss-reactive ketones (excluding diaryl/α,β-unsaturated/α-hetero) is 1. The van der Waals surface area contributed by atoms with Crippen LogP contribution in [0.3, 0.4) is 0 Å². The van der Waals surface area contributed by atoms with Gasteiger partial charge in [-0.15, -0.1) is 0 Å². The van der Waals surface area contributed by atoms with E-state index in [2.05, 4.69) is 30.7 Å². The number of pyridine rings is 1. The normalized spacial score (nSPS) is 17.6. The number of hydrogen-bond donors (Lipinski definition) is 1. The van der Waals surface area contributed by atoms with Crippen molar-refractivity contribution in [3.05, 3.63) is 65.0 Å². The summed E-state index contributed by atoms with van der Waals surface area (Å²) >= 11 is 0. The molecule has 0 radical (unpaired) electrons. The molecule has 1 aliphatic rings. The van der Waals surface area contributed by atoms with E-state index in [1.165, 1.54) is 0 Å². The predicted molar refractivity (Wildman–Crippen MR) is 133 cm³/mol. The summed E-state index contributed by atoms with van der Waals surface area (Å²) in [6, 6.07) is 8.23. The van der Waals surface area contributed by atoms with Crippen LogP contribution in [-0.2, 0) is 9.59 Å². The van der Waals surface area contributed by atoms with Gasteiger partial charge in [0.2, 0.25) is 0 Å². The van der Waals surface area contributed by atoms with Gasteiger partial charge in [0.25, 0.3) is 11.7 Å². The first-order valence-corrected chi connectivity index (χ1v) is 12.1. The molecule has 0 saturated carbocycles. The first-order chi connectivity index (χ1) is 16.4. The number of carbonyl (C=O) groups excluding carboxylic acids is 2. The van der Waals surface area contributed by atoms with Crippen LogP contribution < -0.4 is 4.74 Å². The van der Waals surface area contributed by atoms with Gasteiger partial charge in [0.05, 0.1) is 18.2 Å². The third-order valence-electron chi connectivity index (χ3n) is 6.30. The number of ketones is 1. The molecular formula is C27H35N3O4. The maximum atomic E-state index is 13.2. The van der Waals surface area contributed by atoms with Gasteiger partial charge in [0.1, 0.15) is 11.5 Å². The van der Waals surface area contributed by atoms with Gasteiger partial charge in [-0.1, -0.05) is 33.3 Å². The van der Waals surface area contributed by atoms with E-state index in [1.54, 1.807) is 41.6 Å². The number of unbranched alkanes of at least 4 members (excludes halogenated alkanes) is 1. The lowest BCUT2D eigenvalue weighted by Gasteiger charge is -2.28. The van der Waals surface area contributed by atoms with Gasteiger partial charge in [-0.2, -0.15) is 0 Å². The average Bonchev–Trinajstić information content (AvgIpc) is 3.10. The summed E-state index contributed by atoms with van der Waals surface area (Å²) in [5.74, 6) is -0.708. The van der Waals surface area contributed by atoms with Crippen LogP contribution in [0.4, 0.5) is 0 Å². The summed E-state index contributed by atoms with van der Waals surface area (Å²) in [5, 5.41) is 11.3. The molecule has 0 unspecified atom stereocenters. The topological polar surface area (TPSA) is 83.0 Å². The Hall–Kier alpha value is -3.19. The highest BCUT2D eigenvalue weighted by atomic mass is 16.5. The van der Waals surface area contributed by atoms with Gasteiger partial charge in [0, 0.05) is 31.0 Å². The molecule has 0 aliphatic carbocycles. The van der Waals surface area contributed by atoms with Gasteiger partial charge >= 0.3 is 0 Å². The second-order valence-corrected chi connectivity index (χ2v) is 8.49. The van der Waals surface area contributed by atoms with Gasteiger partial charge in [0.15, 0.2) is 0 Å². The van der Waals surface area contributed by atoms with Crippen LogP contribution in [0.1, 0.15) is 56.3 Å². The lowest BCUT2D eigenvalue weighted by Crippen LogP contribution is -2.38. The van der Waals surface area contributed by atoms with E-state index in [1.807, 2.05) is 13.0 Å². The number of aliphatic hydroxyl groups is 1. The number of aliphatic hydroxyl groups excluding tert-OH is 1. The number of carbonyl (C=O) groups is 2. The largest absolute Gasteiger partial charge is 0.507 e. The Balaban J connectivity index is 2.00. The van der Waals surface area contributed by atoms with E-state index in [0.29, 0.717) is 30.8 Å². The standard InChI is InChI=1S/C27H35N3O4/c1-5-8-16-34-22-12-11-20(17-19(22)4)25(31)23-24(21-10-9-13-28-18-21)30(27(33)26(23)32)15-14-29(6-2)7-3/h9-13,17-18,24,31H,5-8,14-16H2,1-4H3/b25-23+/t24-/m0/s1. The summed E-state index contributed by atoms with van der Waals surface area (Å²) in [5.41, 5.74) is 2.13. The molecule has 34 heavy (non-hydrogen) atoms. The van der Waals surface area contributed by atoms with Crippen molar-refractivity contribution in [2.24, 2.45) is 0 Å². The lowest BCUT2D eigenvalue weighted by molar-refractivity contribution is -0.140. The lowest BCUT2D eigenvalue weighted by atomic mass is 9.95. The second-order valence-electron chi connectivity index (χ2n) is 8.49. The molecule has 1 N–H and O–H groups in total. The summed E-state index contributed by atoms with van der Waals surface area (Å²) in [6.45, 7) is 11.5. The molecule has 0 bridgehead atoms. The van der Waals surface area contributed by atoms with Crippen LogP contribution in [0.2, 0.25) is 0 Å². The highest BCUT2D eigenvalue weighted by Crippen LogP contribution is 2.39. The van der Waals surface area contributed by atoms with Crippen molar-refractivity contribution >= 4 is 17.4 Å². The maximum absolute atomic E-state index is 13.2. The predicted octanol–water partition coefficient (Wildman–Crippen LogP) is 4.33. The minimum Gasteiger partial charge on any atom is -0.507 e. The van der Waals surface area contributed by atoms with Gasteiger partial charge < -0.3 is 19.6 Å². The molecule has 3 rings (SSSR count). The molecule has 1 fully saturated rings. The van der Waals surface area contributed by atoms with Crippen LogP contribution in [-0.4, -0.2) is 64.4 Å². The number of aromatic nitrogens is 1. The first-order valence-electron chi connectivity index (χ1n) is 12.1. The number of rotatable bonds is 11. The van der Waals surface area contributed by atoms with Gasteiger partial charge in [-0.05, 0) is 61.8 Å². The molecule has 1 atom stereocenters. The van der Waals surface area contributed by atoms with Crippen LogP contribution in [0, 0.1) is 6.92 Å². The van der Waals surface area contributed by atoms with E-state index < -0.39 is 17.7 Å². The SMILES string of the molecule is CCCCOc1ccc(/C(O)=C2\C(=O)C(=O)N(CCN(CC)CC)[C@H]2c2cccnc2)cc1C. The van der Waals surface area contributed by atoms with E-state index in [9.17, 15) is 14.7 Å². The van der Waals surface area contributed by atoms with Crippen LogP contribution >= 0.6 is 0 Å². The smallest absolute Gasteiger partial charge is 0.295 e. The van der Waals surface area contributed by atoms with Crippen molar-refractivity contribution in [3.8, 4) is 5.75 Å². The van der Waals surface area contributed by atoms with Crippen LogP contribution in [0.5, 0.6) is 5.75 Å². The van der Waals surface area contributed by atoms with Crippen molar-refractivity contribution in [1.82, 2.24) is 14.8 Å².